The molecule has 1 aliphatic rings. The van der Waals surface area contributed by atoms with E-state index in [1.807, 2.05) is 30.3 Å². The Balaban J connectivity index is 2.06. The van der Waals surface area contributed by atoms with Crippen molar-refractivity contribution in [2.45, 2.75) is 25.7 Å². The predicted octanol–water partition coefficient (Wildman–Crippen LogP) is 2.86. The molecule has 1 aromatic rings. The molecule has 0 bridgehead atoms. The highest BCUT2D eigenvalue weighted by molar-refractivity contribution is 6.42. The molecule has 0 aliphatic heterocycles. The molecule has 16 heavy (non-hydrogen) atoms. The van der Waals surface area contributed by atoms with E-state index < -0.39 is 0 Å². The standard InChI is InChI=1S/C12H15N3O/c16-15-12-9-5-4-8-11(12)14-13-10-6-2-1-3-7-10/h1-3,6-7,13,16H,4-5,8-9H2/b14-11-,15-12+. The Labute approximate surface area is 94.7 Å². The molecule has 2 N–H and O–H groups in total. The van der Waals surface area contributed by atoms with E-state index in [0.29, 0.717) is 5.71 Å². The summed E-state index contributed by atoms with van der Waals surface area (Å²) in [5.41, 5.74) is 5.48. The summed E-state index contributed by atoms with van der Waals surface area (Å²) in [6.07, 6.45) is 3.86. The summed E-state index contributed by atoms with van der Waals surface area (Å²) in [7, 11) is 0. The fraction of sp³-hybridized carbons (Fsp3) is 0.333. The largest absolute Gasteiger partial charge is 0.411 e. The van der Waals surface area contributed by atoms with Gasteiger partial charge < -0.3 is 5.21 Å². The summed E-state index contributed by atoms with van der Waals surface area (Å²) in [6, 6.07) is 9.75. The fourth-order valence-electron chi connectivity index (χ4n) is 1.75. The first-order valence-electron chi connectivity index (χ1n) is 5.49. The van der Waals surface area contributed by atoms with Crippen LogP contribution in [0.1, 0.15) is 25.7 Å². The Morgan fingerprint density at radius 3 is 2.38 bits per heavy atom. The molecule has 1 aromatic carbocycles. The van der Waals surface area contributed by atoms with E-state index in [-0.39, 0.29) is 0 Å². The van der Waals surface area contributed by atoms with Gasteiger partial charge in [-0.2, -0.15) is 5.10 Å². The van der Waals surface area contributed by atoms with Crippen molar-refractivity contribution in [2.75, 3.05) is 5.43 Å². The van der Waals surface area contributed by atoms with Gasteiger partial charge in [0.1, 0.15) is 5.71 Å². The molecule has 0 unspecified atom stereocenters. The van der Waals surface area contributed by atoms with Crippen molar-refractivity contribution in [2.24, 2.45) is 10.3 Å². The SMILES string of the molecule is O/N=C1\CCCC\C1=N\Nc1ccccc1. The molecule has 0 saturated heterocycles. The van der Waals surface area contributed by atoms with Crippen LogP contribution in [0.2, 0.25) is 0 Å². The summed E-state index contributed by atoms with van der Waals surface area (Å²) in [4.78, 5) is 0. The summed E-state index contributed by atoms with van der Waals surface area (Å²) in [5.74, 6) is 0. The molecule has 4 nitrogen and oxygen atoms in total. The van der Waals surface area contributed by atoms with Crippen LogP contribution in [0.15, 0.2) is 40.6 Å². The van der Waals surface area contributed by atoms with Gasteiger partial charge in [0.25, 0.3) is 0 Å². The third-order valence-electron chi connectivity index (χ3n) is 2.62. The van der Waals surface area contributed by atoms with Gasteiger partial charge in [-0.3, -0.25) is 5.43 Å². The molecule has 0 radical (unpaired) electrons. The van der Waals surface area contributed by atoms with Gasteiger partial charge in [0.05, 0.1) is 11.4 Å². The highest BCUT2D eigenvalue weighted by Gasteiger charge is 2.15. The fourth-order valence-corrected chi connectivity index (χ4v) is 1.75. The van der Waals surface area contributed by atoms with Crippen molar-refractivity contribution >= 4 is 17.1 Å². The quantitative estimate of drug-likeness (QED) is 0.591. The third kappa shape index (κ3) is 2.59. The summed E-state index contributed by atoms with van der Waals surface area (Å²) in [6.45, 7) is 0. The van der Waals surface area contributed by atoms with E-state index in [2.05, 4.69) is 15.7 Å². The number of hydrogen-bond donors (Lipinski definition) is 2. The zero-order valence-electron chi connectivity index (χ0n) is 9.06. The minimum absolute atomic E-state index is 0.703. The minimum Gasteiger partial charge on any atom is -0.411 e. The molecule has 2 rings (SSSR count). The first kappa shape index (κ1) is 10.7. The zero-order valence-corrected chi connectivity index (χ0v) is 9.06. The third-order valence-corrected chi connectivity index (χ3v) is 2.62. The van der Waals surface area contributed by atoms with Gasteiger partial charge in [0.15, 0.2) is 0 Å². The molecular weight excluding hydrogens is 202 g/mol. The second-order valence-corrected chi connectivity index (χ2v) is 3.79. The maximum atomic E-state index is 8.84. The van der Waals surface area contributed by atoms with E-state index in [0.717, 1.165) is 37.1 Å². The Morgan fingerprint density at radius 1 is 1.00 bits per heavy atom. The number of nitrogens with one attached hydrogen (secondary N) is 1. The number of hydrazone groups is 1. The molecule has 1 aliphatic carbocycles. The molecule has 1 saturated carbocycles. The van der Waals surface area contributed by atoms with Gasteiger partial charge in [0.2, 0.25) is 0 Å². The number of para-hydroxylation sites is 1. The Kier molecular flexibility index (Phi) is 3.53. The maximum absolute atomic E-state index is 8.84. The van der Waals surface area contributed by atoms with Crippen LogP contribution in [0.4, 0.5) is 5.69 Å². The topological polar surface area (TPSA) is 57.0 Å². The second kappa shape index (κ2) is 5.30. The first-order chi connectivity index (χ1) is 7.90. The highest BCUT2D eigenvalue weighted by Crippen LogP contribution is 2.14. The molecule has 0 amide bonds. The normalized spacial score (nSPS) is 21.2. The number of anilines is 1. The summed E-state index contributed by atoms with van der Waals surface area (Å²) < 4.78 is 0. The van der Waals surface area contributed by atoms with E-state index in [4.69, 9.17) is 5.21 Å². The van der Waals surface area contributed by atoms with E-state index >= 15 is 0 Å². The van der Waals surface area contributed by atoms with Crippen molar-refractivity contribution < 1.29 is 5.21 Å². The molecule has 0 atom stereocenters. The average molecular weight is 217 g/mol. The van der Waals surface area contributed by atoms with E-state index in [1.165, 1.54) is 0 Å². The van der Waals surface area contributed by atoms with Gasteiger partial charge in [-0.05, 0) is 37.8 Å². The second-order valence-electron chi connectivity index (χ2n) is 3.79. The number of nitrogens with zero attached hydrogens (tertiary/aromatic N) is 2. The maximum Gasteiger partial charge on any atom is 0.103 e. The smallest absolute Gasteiger partial charge is 0.103 e. The van der Waals surface area contributed by atoms with Crippen LogP contribution >= 0.6 is 0 Å². The van der Waals surface area contributed by atoms with Crippen molar-refractivity contribution in [1.82, 2.24) is 0 Å². The van der Waals surface area contributed by atoms with E-state index in [9.17, 15) is 0 Å². The van der Waals surface area contributed by atoms with Gasteiger partial charge >= 0.3 is 0 Å². The van der Waals surface area contributed by atoms with Crippen molar-refractivity contribution in [3.05, 3.63) is 30.3 Å². The van der Waals surface area contributed by atoms with Gasteiger partial charge in [0, 0.05) is 0 Å². The van der Waals surface area contributed by atoms with Crippen LogP contribution in [-0.4, -0.2) is 16.6 Å². The zero-order chi connectivity index (χ0) is 11.2. The van der Waals surface area contributed by atoms with Crippen LogP contribution in [-0.2, 0) is 0 Å². The van der Waals surface area contributed by atoms with Crippen LogP contribution < -0.4 is 5.43 Å². The molecule has 0 spiro atoms. The van der Waals surface area contributed by atoms with Crippen molar-refractivity contribution in [1.29, 1.82) is 0 Å². The lowest BCUT2D eigenvalue weighted by Crippen LogP contribution is -2.20. The van der Waals surface area contributed by atoms with Gasteiger partial charge in [-0.25, -0.2) is 0 Å². The van der Waals surface area contributed by atoms with Gasteiger partial charge in [-0.1, -0.05) is 23.4 Å². The van der Waals surface area contributed by atoms with Crippen molar-refractivity contribution in [3.8, 4) is 0 Å². The number of benzene rings is 1. The predicted molar refractivity (Wildman–Crippen MR) is 65.2 cm³/mol. The Hall–Kier alpha value is -1.84. The summed E-state index contributed by atoms with van der Waals surface area (Å²) >= 11 is 0. The van der Waals surface area contributed by atoms with Crippen LogP contribution in [0.5, 0.6) is 0 Å². The Morgan fingerprint density at radius 2 is 1.69 bits per heavy atom. The molecule has 0 heterocycles. The van der Waals surface area contributed by atoms with Crippen LogP contribution in [0.3, 0.4) is 0 Å². The molecular formula is C12H15N3O. The average Bonchev–Trinajstić information content (AvgIpc) is 2.38. The summed E-state index contributed by atoms with van der Waals surface area (Å²) in [5, 5.41) is 16.4. The van der Waals surface area contributed by atoms with Crippen molar-refractivity contribution in [3.63, 3.8) is 0 Å². The molecule has 4 heteroatoms. The number of hydrogen-bond acceptors (Lipinski definition) is 4. The lowest BCUT2D eigenvalue weighted by atomic mass is 9.96. The highest BCUT2D eigenvalue weighted by atomic mass is 16.4. The molecule has 84 valence electrons. The minimum atomic E-state index is 0.703. The van der Waals surface area contributed by atoms with Crippen LogP contribution in [0.25, 0.3) is 0 Å². The number of oxime groups is 1. The first-order valence-corrected chi connectivity index (χ1v) is 5.49. The number of rotatable bonds is 2. The molecule has 0 aromatic heterocycles. The van der Waals surface area contributed by atoms with Gasteiger partial charge in [-0.15, -0.1) is 0 Å². The molecule has 1 fully saturated rings. The van der Waals surface area contributed by atoms with E-state index in [1.54, 1.807) is 0 Å². The van der Waals surface area contributed by atoms with Crippen LogP contribution in [0, 0.1) is 0 Å². The lowest BCUT2D eigenvalue weighted by Gasteiger charge is -2.14. The lowest BCUT2D eigenvalue weighted by molar-refractivity contribution is 0.318. The monoisotopic (exact) mass is 217 g/mol. The Bertz CT molecular complexity index is 398.